The Hall–Kier alpha value is -1.43. The van der Waals surface area contributed by atoms with Crippen molar-refractivity contribution in [2.24, 2.45) is 11.8 Å². The van der Waals surface area contributed by atoms with Crippen molar-refractivity contribution in [3.63, 3.8) is 0 Å². The van der Waals surface area contributed by atoms with E-state index in [-0.39, 0.29) is 17.7 Å². The molecule has 1 aromatic rings. The highest BCUT2D eigenvalue weighted by Crippen LogP contribution is 2.33. The van der Waals surface area contributed by atoms with Gasteiger partial charge in [-0.25, -0.2) is 4.98 Å². The Morgan fingerprint density at radius 3 is 2.86 bits per heavy atom. The van der Waals surface area contributed by atoms with Crippen LogP contribution in [0.3, 0.4) is 0 Å². The van der Waals surface area contributed by atoms with Crippen LogP contribution in [0.2, 0.25) is 0 Å². The van der Waals surface area contributed by atoms with Crippen molar-refractivity contribution < 1.29 is 9.59 Å². The third-order valence-electron chi connectivity index (χ3n) is 3.85. The highest BCUT2D eigenvalue weighted by atomic mass is 32.1. The van der Waals surface area contributed by atoms with Gasteiger partial charge in [0.1, 0.15) is 0 Å². The molecule has 114 valence electrons. The van der Waals surface area contributed by atoms with Gasteiger partial charge in [-0.05, 0) is 18.8 Å². The summed E-state index contributed by atoms with van der Waals surface area (Å²) in [5.74, 6) is 0.880. The van der Waals surface area contributed by atoms with Crippen LogP contribution in [0.15, 0.2) is 0 Å². The second-order valence-electron chi connectivity index (χ2n) is 6.32. The molecule has 0 radical (unpaired) electrons. The molecule has 0 spiro atoms. The number of amides is 2. The first-order chi connectivity index (χ1) is 10.0. The van der Waals surface area contributed by atoms with E-state index in [4.69, 9.17) is 0 Å². The van der Waals surface area contributed by atoms with Gasteiger partial charge in [-0.3, -0.25) is 9.59 Å². The number of carbonyl (C=O) groups excluding carboxylic acids is 2. The number of hydrogen-bond donors (Lipinski definition) is 1. The molecule has 1 N–H and O–H groups in total. The molecule has 0 unspecified atom stereocenters. The van der Waals surface area contributed by atoms with Crippen molar-refractivity contribution in [2.75, 3.05) is 11.9 Å². The highest BCUT2D eigenvalue weighted by molar-refractivity contribution is 7.15. The lowest BCUT2D eigenvalue weighted by Crippen LogP contribution is -2.36. The van der Waals surface area contributed by atoms with Crippen LogP contribution in [-0.4, -0.2) is 28.2 Å². The minimum atomic E-state index is 0.0915. The molecule has 5 nitrogen and oxygen atoms in total. The summed E-state index contributed by atoms with van der Waals surface area (Å²) in [4.78, 5) is 31.4. The number of thiazole rings is 1. The zero-order valence-corrected chi connectivity index (χ0v) is 13.3. The van der Waals surface area contributed by atoms with Gasteiger partial charge in [-0.2, -0.15) is 0 Å². The normalized spacial score (nSPS) is 17.8. The molecule has 0 bridgehead atoms. The number of aromatic nitrogens is 1. The van der Waals surface area contributed by atoms with Gasteiger partial charge in [0.25, 0.3) is 0 Å². The van der Waals surface area contributed by atoms with Crippen LogP contribution in [0.25, 0.3) is 0 Å². The molecule has 1 aliphatic heterocycles. The third-order valence-corrected chi connectivity index (χ3v) is 4.84. The predicted molar refractivity (Wildman–Crippen MR) is 82.0 cm³/mol. The number of carbonyl (C=O) groups is 2. The maximum atomic E-state index is 12.1. The SMILES string of the molecule is CC(C)CC(=O)N1CCc2nc(NC(=O)C3CC3)sc2C1. The van der Waals surface area contributed by atoms with Gasteiger partial charge in [0.15, 0.2) is 5.13 Å². The van der Waals surface area contributed by atoms with Crippen molar-refractivity contribution in [3.8, 4) is 0 Å². The van der Waals surface area contributed by atoms with E-state index in [2.05, 4.69) is 24.1 Å². The van der Waals surface area contributed by atoms with E-state index >= 15 is 0 Å². The third kappa shape index (κ3) is 3.43. The predicted octanol–water partition coefficient (Wildman–Crippen LogP) is 2.42. The minimum absolute atomic E-state index is 0.0915. The molecule has 2 heterocycles. The van der Waals surface area contributed by atoms with Gasteiger partial charge >= 0.3 is 0 Å². The summed E-state index contributed by atoms with van der Waals surface area (Å²) in [5.41, 5.74) is 1.04. The number of rotatable bonds is 4. The monoisotopic (exact) mass is 307 g/mol. The molecule has 6 heteroatoms. The van der Waals surface area contributed by atoms with Gasteiger partial charge in [0, 0.05) is 30.2 Å². The molecule has 1 saturated carbocycles. The first-order valence-electron chi connectivity index (χ1n) is 7.60. The Labute approximate surface area is 128 Å². The highest BCUT2D eigenvalue weighted by Gasteiger charge is 2.31. The maximum Gasteiger partial charge on any atom is 0.229 e. The summed E-state index contributed by atoms with van der Waals surface area (Å²) in [7, 11) is 0. The molecule has 1 aliphatic carbocycles. The Morgan fingerprint density at radius 2 is 2.19 bits per heavy atom. The van der Waals surface area contributed by atoms with Crippen molar-refractivity contribution in [3.05, 3.63) is 10.6 Å². The summed E-state index contributed by atoms with van der Waals surface area (Å²) in [6, 6.07) is 0. The molecule has 1 fully saturated rings. The van der Waals surface area contributed by atoms with E-state index in [9.17, 15) is 9.59 Å². The van der Waals surface area contributed by atoms with Crippen LogP contribution in [0.4, 0.5) is 5.13 Å². The van der Waals surface area contributed by atoms with Crippen LogP contribution in [0.5, 0.6) is 0 Å². The maximum absolute atomic E-state index is 12.1. The smallest absolute Gasteiger partial charge is 0.229 e. The molecular formula is C15H21N3O2S. The summed E-state index contributed by atoms with van der Waals surface area (Å²) in [6.45, 7) is 5.49. The quantitative estimate of drug-likeness (QED) is 0.929. The van der Waals surface area contributed by atoms with Crippen molar-refractivity contribution in [1.29, 1.82) is 0 Å². The molecule has 0 saturated heterocycles. The van der Waals surface area contributed by atoms with E-state index in [1.807, 2.05) is 4.90 Å². The molecule has 1 aromatic heterocycles. The Balaban J connectivity index is 1.64. The molecule has 3 rings (SSSR count). The van der Waals surface area contributed by atoms with Gasteiger partial charge in [0.05, 0.1) is 12.2 Å². The molecule has 2 aliphatic rings. The lowest BCUT2D eigenvalue weighted by atomic mass is 10.1. The van der Waals surface area contributed by atoms with Gasteiger partial charge in [-0.15, -0.1) is 0 Å². The summed E-state index contributed by atoms with van der Waals surface area (Å²) in [5, 5.41) is 3.59. The molecule has 2 amide bonds. The standard InChI is InChI=1S/C15H21N3O2S/c1-9(2)7-13(19)18-6-5-11-12(8-18)21-15(16-11)17-14(20)10-3-4-10/h9-10H,3-8H2,1-2H3,(H,16,17,20). The van der Waals surface area contributed by atoms with Crippen molar-refractivity contribution >= 4 is 28.3 Å². The average molecular weight is 307 g/mol. The fraction of sp³-hybridized carbons (Fsp3) is 0.667. The van der Waals surface area contributed by atoms with E-state index in [1.165, 1.54) is 11.3 Å². The van der Waals surface area contributed by atoms with Crippen molar-refractivity contribution in [2.45, 2.75) is 46.1 Å². The Bertz CT molecular complexity index is 563. The van der Waals surface area contributed by atoms with Crippen LogP contribution < -0.4 is 5.32 Å². The number of anilines is 1. The van der Waals surface area contributed by atoms with Gasteiger partial charge in [0.2, 0.25) is 11.8 Å². The van der Waals surface area contributed by atoms with Crippen LogP contribution in [-0.2, 0) is 22.6 Å². The molecule has 21 heavy (non-hydrogen) atoms. The number of nitrogens with zero attached hydrogens (tertiary/aromatic N) is 2. The summed E-state index contributed by atoms with van der Waals surface area (Å²) < 4.78 is 0. The molecular weight excluding hydrogens is 286 g/mol. The zero-order chi connectivity index (χ0) is 15.0. The molecule has 0 atom stereocenters. The van der Waals surface area contributed by atoms with E-state index in [1.54, 1.807) is 0 Å². The topological polar surface area (TPSA) is 62.3 Å². The van der Waals surface area contributed by atoms with Crippen molar-refractivity contribution in [1.82, 2.24) is 9.88 Å². The lowest BCUT2D eigenvalue weighted by Gasteiger charge is -2.26. The number of hydrogen-bond acceptors (Lipinski definition) is 4. The summed E-state index contributed by atoms with van der Waals surface area (Å²) >= 11 is 1.51. The Kier molecular flexibility index (Phi) is 3.97. The second kappa shape index (κ2) is 5.75. The van der Waals surface area contributed by atoms with E-state index < -0.39 is 0 Å². The average Bonchev–Trinajstić information content (AvgIpc) is 3.18. The fourth-order valence-electron chi connectivity index (χ4n) is 2.49. The van der Waals surface area contributed by atoms with Gasteiger partial charge < -0.3 is 10.2 Å². The number of nitrogens with one attached hydrogen (secondary N) is 1. The zero-order valence-electron chi connectivity index (χ0n) is 12.5. The minimum Gasteiger partial charge on any atom is -0.337 e. The summed E-state index contributed by atoms with van der Waals surface area (Å²) in [6.07, 6.45) is 3.37. The number of fused-ring (bicyclic) bond motifs is 1. The van der Waals surface area contributed by atoms with E-state index in [0.717, 1.165) is 36.4 Å². The first-order valence-corrected chi connectivity index (χ1v) is 8.42. The Morgan fingerprint density at radius 1 is 1.43 bits per heavy atom. The van der Waals surface area contributed by atoms with Gasteiger partial charge in [-0.1, -0.05) is 25.2 Å². The fourth-order valence-corrected chi connectivity index (χ4v) is 3.52. The van der Waals surface area contributed by atoms with Crippen LogP contribution in [0.1, 0.15) is 43.7 Å². The largest absolute Gasteiger partial charge is 0.337 e. The van der Waals surface area contributed by atoms with Crippen LogP contribution >= 0.6 is 11.3 Å². The molecule has 0 aromatic carbocycles. The lowest BCUT2D eigenvalue weighted by molar-refractivity contribution is -0.132. The van der Waals surface area contributed by atoms with Crippen LogP contribution in [0, 0.1) is 11.8 Å². The second-order valence-corrected chi connectivity index (χ2v) is 7.40. The van der Waals surface area contributed by atoms with E-state index in [0.29, 0.717) is 24.0 Å². The first kappa shape index (κ1) is 14.5.